The molecule has 0 amide bonds. The lowest BCUT2D eigenvalue weighted by Gasteiger charge is -2.42. The molecule has 2 unspecified atom stereocenters. The van der Waals surface area contributed by atoms with Crippen molar-refractivity contribution in [1.82, 2.24) is 5.16 Å². The molecular formula is C22H25NO7. The fourth-order valence-electron chi connectivity index (χ4n) is 3.99. The minimum absolute atomic E-state index is 0.519. The van der Waals surface area contributed by atoms with E-state index in [0.29, 0.717) is 11.1 Å². The highest BCUT2D eigenvalue weighted by Crippen LogP contribution is 2.34. The third kappa shape index (κ3) is 3.51. The van der Waals surface area contributed by atoms with Crippen LogP contribution in [0.25, 0.3) is 22.1 Å². The van der Waals surface area contributed by atoms with E-state index in [4.69, 9.17) is 9.26 Å². The van der Waals surface area contributed by atoms with Gasteiger partial charge in [0.2, 0.25) is 0 Å². The molecule has 2 heterocycles. The molecular weight excluding hydrogens is 390 g/mol. The van der Waals surface area contributed by atoms with Gasteiger partial charge in [0.1, 0.15) is 36.6 Å². The molecule has 6 atom stereocenters. The SMILES string of the molecule is Cc1cc(-c2ccc3onc(C)c3c2)ccc1[C@@H](O)[C@H]1OC(CO)[C@@H](O)[C@H](O)C1O. The topological polar surface area (TPSA) is 136 Å². The van der Waals surface area contributed by atoms with Crippen LogP contribution >= 0.6 is 0 Å². The van der Waals surface area contributed by atoms with Crippen molar-refractivity contribution in [2.45, 2.75) is 50.5 Å². The number of benzene rings is 2. The number of aryl methyl sites for hydroxylation is 2. The van der Waals surface area contributed by atoms with E-state index >= 15 is 0 Å². The van der Waals surface area contributed by atoms with Crippen molar-refractivity contribution in [2.75, 3.05) is 6.61 Å². The van der Waals surface area contributed by atoms with Crippen LogP contribution in [0, 0.1) is 13.8 Å². The van der Waals surface area contributed by atoms with Gasteiger partial charge in [-0.1, -0.05) is 29.4 Å². The Kier molecular flexibility index (Phi) is 5.63. The Morgan fingerprint density at radius 2 is 1.67 bits per heavy atom. The largest absolute Gasteiger partial charge is 0.394 e. The highest BCUT2D eigenvalue weighted by Gasteiger charge is 2.46. The zero-order valence-electron chi connectivity index (χ0n) is 16.6. The molecule has 1 aromatic heterocycles. The number of ether oxygens (including phenoxy) is 1. The van der Waals surface area contributed by atoms with Crippen molar-refractivity contribution in [2.24, 2.45) is 0 Å². The van der Waals surface area contributed by atoms with Crippen molar-refractivity contribution in [3.05, 3.63) is 53.2 Å². The van der Waals surface area contributed by atoms with Crippen LogP contribution < -0.4 is 0 Å². The van der Waals surface area contributed by atoms with Gasteiger partial charge in [0.25, 0.3) is 0 Å². The summed E-state index contributed by atoms with van der Waals surface area (Å²) in [6.07, 6.45) is -8.02. The molecule has 0 saturated carbocycles. The van der Waals surface area contributed by atoms with Gasteiger partial charge in [-0.25, -0.2) is 0 Å². The molecule has 1 fully saturated rings. The smallest absolute Gasteiger partial charge is 0.167 e. The minimum atomic E-state index is -1.53. The van der Waals surface area contributed by atoms with E-state index in [9.17, 15) is 25.5 Å². The average Bonchev–Trinajstić information content (AvgIpc) is 3.12. The average molecular weight is 415 g/mol. The van der Waals surface area contributed by atoms with Crippen molar-refractivity contribution in [3.63, 3.8) is 0 Å². The normalized spacial score (nSPS) is 28.0. The van der Waals surface area contributed by atoms with Crippen molar-refractivity contribution in [1.29, 1.82) is 0 Å². The standard InChI is InChI=1S/C22H25NO7/c1-10-7-12(13-4-6-16-15(8-13)11(2)23-30-16)3-5-14(10)18(25)22-21(28)20(27)19(26)17(9-24)29-22/h3-8,17-22,24-28H,9H2,1-2H3/t17?,18-,19-,20+,21?,22-/m1/s1. The Hall–Kier alpha value is -2.33. The number of nitrogens with zero attached hydrogens (tertiary/aromatic N) is 1. The second-order valence-corrected chi connectivity index (χ2v) is 7.79. The zero-order chi connectivity index (χ0) is 21.6. The van der Waals surface area contributed by atoms with Gasteiger partial charge in [0.15, 0.2) is 5.58 Å². The molecule has 8 nitrogen and oxygen atoms in total. The number of aliphatic hydroxyl groups is 5. The monoisotopic (exact) mass is 415 g/mol. The van der Waals surface area contributed by atoms with E-state index in [0.717, 1.165) is 27.8 Å². The summed E-state index contributed by atoms with van der Waals surface area (Å²) in [5.41, 5.74) is 4.69. The van der Waals surface area contributed by atoms with Gasteiger partial charge in [-0.05, 0) is 48.2 Å². The Morgan fingerprint density at radius 1 is 0.967 bits per heavy atom. The maximum atomic E-state index is 10.8. The van der Waals surface area contributed by atoms with Crippen LogP contribution in [0.5, 0.6) is 0 Å². The van der Waals surface area contributed by atoms with Crippen LogP contribution in [0.1, 0.15) is 22.9 Å². The number of rotatable bonds is 4. The summed E-state index contributed by atoms with van der Waals surface area (Å²) in [6, 6.07) is 11.3. The van der Waals surface area contributed by atoms with Crippen molar-refractivity contribution < 1.29 is 34.8 Å². The quantitative estimate of drug-likeness (QED) is 0.426. The fourth-order valence-corrected chi connectivity index (χ4v) is 3.99. The highest BCUT2D eigenvalue weighted by molar-refractivity contribution is 5.85. The summed E-state index contributed by atoms with van der Waals surface area (Å²) >= 11 is 0. The number of aliphatic hydroxyl groups excluding tert-OH is 5. The van der Waals surface area contributed by atoms with E-state index in [-0.39, 0.29) is 0 Å². The lowest BCUT2D eigenvalue weighted by atomic mass is 9.88. The molecule has 160 valence electrons. The van der Waals surface area contributed by atoms with E-state index < -0.39 is 43.2 Å². The summed E-state index contributed by atoms with van der Waals surface area (Å²) in [7, 11) is 0. The van der Waals surface area contributed by atoms with E-state index in [2.05, 4.69) is 5.16 Å². The molecule has 8 heteroatoms. The van der Waals surface area contributed by atoms with Crippen molar-refractivity contribution >= 4 is 11.0 Å². The molecule has 0 spiro atoms. The lowest BCUT2D eigenvalue weighted by Crippen LogP contribution is -2.59. The van der Waals surface area contributed by atoms with Crippen LogP contribution in [0.3, 0.4) is 0 Å². The van der Waals surface area contributed by atoms with Gasteiger partial charge < -0.3 is 34.8 Å². The van der Waals surface area contributed by atoms with Gasteiger partial charge in [-0.15, -0.1) is 0 Å². The number of fused-ring (bicyclic) bond motifs is 1. The first-order valence-electron chi connectivity index (χ1n) is 9.77. The molecule has 1 aliphatic heterocycles. The summed E-state index contributed by atoms with van der Waals surface area (Å²) in [4.78, 5) is 0. The number of aromatic nitrogens is 1. The Balaban J connectivity index is 1.63. The first-order valence-corrected chi connectivity index (χ1v) is 9.77. The van der Waals surface area contributed by atoms with Gasteiger partial charge in [0.05, 0.1) is 12.3 Å². The van der Waals surface area contributed by atoms with E-state index in [1.54, 1.807) is 6.07 Å². The lowest BCUT2D eigenvalue weighted by molar-refractivity contribution is -0.250. The zero-order valence-corrected chi connectivity index (χ0v) is 16.6. The second kappa shape index (κ2) is 8.07. The second-order valence-electron chi connectivity index (χ2n) is 7.79. The number of hydrogen-bond donors (Lipinski definition) is 5. The molecule has 5 N–H and O–H groups in total. The van der Waals surface area contributed by atoms with Crippen LogP contribution in [0.2, 0.25) is 0 Å². The van der Waals surface area contributed by atoms with Crippen LogP contribution in [-0.2, 0) is 4.74 Å². The maximum Gasteiger partial charge on any atom is 0.167 e. The van der Waals surface area contributed by atoms with E-state index in [1.165, 1.54) is 0 Å². The van der Waals surface area contributed by atoms with Gasteiger partial charge >= 0.3 is 0 Å². The molecule has 0 bridgehead atoms. The van der Waals surface area contributed by atoms with Gasteiger partial charge in [0, 0.05) is 5.39 Å². The van der Waals surface area contributed by atoms with Crippen LogP contribution in [-0.4, -0.2) is 67.8 Å². The van der Waals surface area contributed by atoms with Crippen molar-refractivity contribution in [3.8, 4) is 11.1 Å². The predicted molar refractivity (Wildman–Crippen MR) is 108 cm³/mol. The molecule has 3 aromatic rings. The van der Waals surface area contributed by atoms with Crippen LogP contribution in [0.15, 0.2) is 40.9 Å². The fraction of sp³-hybridized carbons (Fsp3) is 0.409. The van der Waals surface area contributed by atoms with Gasteiger partial charge in [-0.3, -0.25) is 0 Å². The molecule has 1 aliphatic rings. The summed E-state index contributed by atoms with van der Waals surface area (Å²) < 4.78 is 10.7. The Labute approximate surface area is 172 Å². The molecule has 4 rings (SSSR count). The molecule has 2 aromatic carbocycles. The van der Waals surface area contributed by atoms with E-state index in [1.807, 2.05) is 44.2 Å². The highest BCUT2D eigenvalue weighted by atomic mass is 16.6. The number of hydrogen-bond acceptors (Lipinski definition) is 8. The minimum Gasteiger partial charge on any atom is -0.394 e. The summed E-state index contributed by atoms with van der Waals surface area (Å²) in [6.45, 7) is 3.16. The summed E-state index contributed by atoms with van der Waals surface area (Å²) in [5, 5.41) is 55.3. The summed E-state index contributed by atoms with van der Waals surface area (Å²) in [5.74, 6) is 0. The molecule has 0 radical (unpaired) electrons. The third-order valence-corrected chi connectivity index (χ3v) is 5.81. The predicted octanol–water partition coefficient (Wildman–Crippen LogP) is 0.987. The maximum absolute atomic E-state index is 10.8. The molecule has 30 heavy (non-hydrogen) atoms. The molecule has 0 aliphatic carbocycles. The Bertz CT molecular complexity index is 1050. The molecule has 1 saturated heterocycles. The Morgan fingerprint density at radius 3 is 2.37 bits per heavy atom. The first-order chi connectivity index (χ1) is 14.3. The van der Waals surface area contributed by atoms with Crippen LogP contribution in [0.4, 0.5) is 0 Å². The van der Waals surface area contributed by atoms with Gasteiger partial charge in [-0.2, -0.15) is 0 Å². The first kappa shape index (κ1) is 20.9. The third-order valence-electron chi connectivity index (χ3n) is 5.81.